The van der Waals surface area contributed by atoms with Gasteiger partial charge in [-0.2, -0.15) is 5.10 Å². The maximum Gasteiger partial charge on any atom is 0.318 e. The highest BCUT2D eigenvalue weighted by atomic mass is 19.1. The summed E-state index contributed by atoms with van der Waals surface area (Å²) >= 11 is 0. The molecule has 4 fully saturated rings. The molecule has 1 aromatic heterocycles. The molecule has 0 saturated heterocycles. The number of hydrogen-bond acceptors (Lipinski definition) is 3. The van der Waals surface area contributed by atoms with Crippen molar-refractivity contribution in [2.45, 2.75) is 62.8 Å². The summed E-state index contributed by atoms with van der Waals surface area (Å²) in [5.74, 6) is -0.418. The van der Waals surface area contributed by atoms with Gasteiger partial charge in [0.2, 0.25) is 0 Å². The molecule has 4 saturated carbocycles. The van der Waals surface area contributed by atoms with Crippen molar-refractivity contribution in [2.75, 3.05) is 6.54 Å². The van der Waals surface area contributed by atoms with Gasteiger partial charge in [-0.3, -0.25) is 9.48 Å². The van der Waals surface area contributed by atoms with Gasteiger partial charge in [-0.1, -0.05) is 12.1 Å². The molecule has 9 heteroatoms. The fourth-order valence-electron chi connectivity index (χ4n) is 7.19. The number of aromatic nitrogens is 2. The van der Waals surface area contributed by atoms with Crippen molar-refractivity contribution < 1.29 is 18.4 Å². The van der Waals surface area contributed by atoms with Crippen molar-refractivity contribution in [1.29, 1.82) is 0 Å². The summed E-state index contributed by atoms with van der Waals surface area (Å²) in [6, 6.07) is 5.62. The first-order chi connectivity index (χ1) is 15.7. The van der Waals surface area contributed by atoms with Crippen LogP contribution in [0.2, 0.25) is 0 Å². The topological polar surface area (TPSA) is 93.2 Å². The third kappa shape index (κ3) is 3.40. The Morgan fingerprint density at radius 1 is 1.15 bits per heavy atom. The Morgan fingerprint density at radius 2 is 1.91 bits per heavy atom. The van der Waals surface area contributed by atoms with Crippen molar-refractivity contribution in [2.24, 2.45) is 17.6 Å². The van der Waals surface area contributed by atoms with E-state index >= 15 is 4.39 Å². The lowest BCUT2D eigenvalue weighted by Gasteiger charge is -2.59. The highest BCUT2D eigenvalue weighted by Gasteiger charge is 2.59. The van der Waals surface area contributed by atoms with E-state index in [9.17, 15) is 14.0 Å². The Bertz CT molecular complexity index is 1150. The number of primary amides is 1. The fraction of sp³-hybridized carbons (Fsp3) is 0.542. The maximum absolute atomic E-state index is 15.3. The number of nitrogens with one attached hydrogen (secondary N) is 1. The molecule has 2 atom stereocenters. The monoisotopic (exact) mass is 455 g/mol. The number of fused-ring (bicyclic) bond motifs is 1. The Kier molecular flexibility index (Phi) is 4.38. The van der Waals surface area contributed by atoms with Crippen molar-refractivity contribution in [3.8, 4) is 11.3 Å². The summed E-state index contributed by atoms with van der Waals surface area (Å²) in [6.07, 6.45) is 4.37. The van der Waals surface area contributed by atoms with E-state index < -0.39 is 22.9 Å². The lowest BCUT2D eigenvalue weighted by Crippen LogP contribution is -2.65. The normalized spacial score (nSPS) is 32.0. The van der Waals surface area contributed by atoms with Gasteiger partial charge >= 0.3 is 6.03 Å². The number of rotatable bonds is 3. The second-order valence-corrected chi connectivity index (χ2v) is 10.5. The minimum Gasteiger partial charge on any atom is -0.365 e. The zero-order chi connectivity index (χ0) is 23.0. The first kappa shape index (κ1) is 20.6. The molecule has 7 rings (SSSR count). The second-order valence-electron chi connectivity index (χ2n) is 10.5. The summed E-state index contributed by atoms with van der Waals surface area (Å²) in [5.41, 5.74) is 5.57. The molecule has 2 heterocycles. The second kappa shape index (κ2) is 7.01. The van der Waals surface area contributed by atoms with E-state index in [1.807, 2.05) is 0 Å². The number of alkyl halides is 1. The molecule has 2 unspecified atom stereocenters. The van der Waals surface area contributed by atoms with Crippen LogP contribution in [0.3, 0.4) is 0 Å². The molecular weight excluding hydrogens is 428 g/mol. The number of benzene rings is 1. The molecule has 4 bridgehead atoms. The number of nitrogens with two attached hydrogens (primary N) is 1. The number of halogens is 2. The predicted molar refractivity (Wildman–Crippen MR) is 116 cm³/mol. The van der Waals surface area contributed by atoms with Crippen LogP contribution in [0.1, 0.15) is 54.6 Å². The molecule has 174 valence electrons. The Labute approximate surface area is 190 Å². The first-order valence-electron chi connectivity index (χ1n) is 11.6. The predicted octanol–water partition coefficient (Wildman–Crippen LogP) is 3.37. The van der Waals surface area contributed by atoms with Gasteiger partial charge in [0.25, 0.3) is 5.91 Å². The highest BCUT2D eigenvalue weighted by Crippen LogP contribution is 2.59. The van der Waals surface area contributed by atoms with Crippen LogP contribution in [0.5, 0.6) is 0 Å². The molecule has 0 spiro atoms. The zero-order valence-electron chi connectivity index (χ0n) is 18.3. The van der Waals surface area contributed by atoms with Crippen LogP contribution in [0.15, 0.2) is 24.3 Å². The molecule has 3 N–H and O–H groups in total. The maximum atomic E-state index is 15.3. The molecule has 0 radical (unpaired) electrons. The smallest absolute Gasteiger partial charge is 0.318 e. The van der Waals surface area contributed by atoms with E-state index in [1.165, 1.54) is 12.1 Å². The van der Waals surface area contributed by atoms with Crippen LogP contribution in [-0.4, -0.2) is 44.4 Å². The van der Waals surface area contributed by atoms with Gasteiger partial charge in [0.05, 0.1) is 24.3 Å². The van der Waals surface area contributed by atoms with Crippen LogP contribution in [0, 0.1) is 17.7 Å². The number of urea groups is 1. The van der Waals surface area contributed by atoms with Crippen molar-refractivity contribution in [3.05, 3.63) is 41.3 Å². The molecule has 33 heavy (non-hydrogen) atoms. The van der Waals surface area contributed by atoms with Gasteiger partial charge in [0, 0.05) is 24.1 Å². The number of carbonyl (C=O) groups is 2. The lowest BCUT2D eigenvalue weighted by molar-refractivity contribution is -0.0941. The minimum absolute atomic E-state index is 0.163. The van der Waals surface area contributed by atoms with Gasteiger partial charge in [-0.25, -0.2) is 13.6 Å². The molecule has 4 aliphatic carbocycles. The average Bonchev–Trinajstić information content (AvgIpc) is 3.10. The summed E-state index contributed by atoms with van der Waals surface area (Å²) < 4.78 is 30.8. The van der Waals surface area contributed by atoms with Gasteiger partial charge in [-0.15, -0.1) is 0 Å². The molecule has 5 aliphatic rings. The minimum atomic E-state index is -1.16. The summed E-state index contributed by atoms with van der Waals surface area (Å²) in [5, 5.41) is 7.70. The van der Waals surface area contributed by atoms with E-state index in [-0.39, 0.29) is 18.1 Å². The largest absolute Gasteiger partial charge is 0.365 e. The average molecular weight is 456 g/mol. The summed E-state index contributed by atoms with van der Waals surface area (Å²) in [4.78, 5) is 27.3. The van der Waals surface area contributed by atoms with Gasteiger partial charge in [-0.05, 0) is 56.1 Å². The molecule has 1 aliphatic heterocycles. The lowest BCUT2D eigenvalue weighted by atomic mass is 9.52. The SMILES string of the molecule is NC(=O)c1c(-c2cccc(F)c2)nn2c1CN(C(=O)NC13CC4CC(CC(F)(C4)C1)C3)CC2. The van der Waals surface area contributed by atoms with Crippen LogP contribution in [-0.2, 0) is 13.1 Å². The highest BCUT2D eigenvalue weighted by molar-refractivity contribution is 6.00. The number of carbonyl (C=O) groups excluding carboxylic acids is 2. The van der Waals surface area contributed by atoms with Crippen molar-refractivity contribution >= 4 is 11.9 Å². The molecule has 3 amide bonds. The molecule has 2 aromatic rings. The number of nitrogens with zero attached hydrogens (tertiary/aromatic N) is 3. The molecular formula is C24H27F2N5O2. The van der Waals surface area contributed by atoms with E-state index in [0.29, 0.717) is 61.1 Å². The Balaban J connectivity index is 1.26. The van der Waals surface area contributed by atoms with Crippen molar-refractivity contribution in [1.82, 2.24) is 20.0 Å². The van der Waals surface area contributed by atoms with Gasteiger partial charge < -0.3 is 16.0 Å². The fourth-order valence-corrected chi connectivity index (χ4v) is 7.19. The van der Waals surface area contributed by atoms with Gasteiger partial charge in [0.1, 0.15) is 17.2 Å². The number of hydrogen-bond donors (Lipinski definition) is 2. The number of amides is 3. The Morgan fingerprint density at radius 3 is 2.58 bits per heavy atom. The zero-order valence-corrected chi connectivity index (χ0v) is 18.3. The Hall–Kier alpha value is -2.97. The molecule has 1 aromatic carbocycles. The van der Waals surface area contributed by atoms with Crippen LogP contribution >= 0.6 is 0 Å². The van der Waals surface area contributed by atoms with E-state index in [0.717, 1.165) is 19.3 Å². The molecule has 7 nitrogen and oxygen atoms in total. The van der Waals surface area contributed by atoms with E-state index in [4.69, 9.17) is 5.73 Å². The van der Waals surface area contributed by atoms with Gasteiger partial charge in [0.15, 0.2) is 0 Å². The summed E-state index contributed by atoms with van der Waals surface area (Å²) in [6.45, 7) is 0.963. The van der Waals surface area contributed by atoms with E-state index in [1.54, 1.807) is 21.7 Å². The van der Waals surface area contributed by atoms with Crippen LogP contribution in [0.4, 0.5) is 13.6 Å². The van der Waals surface area contributed by atoms with E-state index in [2.05, 4.69) is 10.4 Å². The summed E-state index contributed by atoms with van der Waals surface area (Å²) in [7, 11) is 0. The third-order valence-corrected chi connectivity index (χ3v) is 7.97. The van der Waals surface area contributed by atoms with Crippen LogP contribution in [0.25, 0.3) is 11.3 Å². The van der Waals surface area contributed by atoms with Crippen LogP contribution < -0.4 is 11.1 Å². The standard InChI is InChI=1S/C24H27F2N5O2/c25-17-3-1-2-16(7-17)20-19(21(27)32)18-12-30(4-5-31(18)29-20)22(33)28-24-10-14-6-15(11-24)9-23(26,8-14)13-24/h1-3,7,14-15H,4-6,8-13H2,(H2,27,32)(H,28,33). The van der Waals surface area contributed by atoms with Crippen molar-refractivity contribution in [3.63, 3.8) is 0 Å². The quantitative estimate of drug-likeness (QED) is 0.743. The third-order valence-electron chi connectivity index (χ3n) is 7.97. The first-order valence-corrected chi connectivity index (χ1v) is 11.6.